The maximum Gasteiger partial charge on any atom is 0.206 e. The van der Waals surface area contributed by atoms with Crippen LogP contribution >= 0.6 is 0 Å². The van der Waals surface area contributed by atoms with Gasteiger partial charge in [-0.3, -0.25) is 4.40 Å². The third kappa shape index (κ3) is 2.95. The Labute approximate surface area is 97.5 Å². The molecule has 0 aliphatic heterocycles. The van der Waals surface area contributed by atoms with Crippen LogP contribution in [0.4, 0.5) is 5.95 Å². The van der Waals surface area contributed by atoms with E-state index in [4.69, 9.17) is 5.73 Å². The van der Waals surface area contributed by atoms with E-state index in [0.717, 1.165) is 17.0 Å². The maximum atomic E-state index is 5.64. The second-order valence-corrected chi connectivity index (χ2v) is 2.82. The molecule has 2 N–H and O–H groups in total. The van der Waals surface area contributed by atoms with Gasteiger partial charge in [0.2, 0.25) is 5.95 Å². The molecule has 0 spiro atoms. The molecule has 0 bridgehead atoms. The molecule has 0 atom stereocenters. The van der Waals surface area contributed by atoms with Crippen molar-refractivity contribution in [3.8, 4) is 0 Å². The van der Waals surface area contributed by atoms with E-state index in [2.05, 4.69) is 9.97 Å². The second kappa shape index (κ2) is 6.82. The Balaban J connectivity index is 0.000000509. The first kappa shape index (κ1) is 14.4. The van der Waals surface area contributed by atoms with Gasteiger partial charge in [0.05, 0.1) is 5.69 Å². The van der Waals surface area contributed by atoms with Crippen LogP contribution in [-0.4, -0.2) is 14.4 Å². The lowest BCUT2D eigenvalue weighted by molar-refractivity contribution is 1.09. The molecule has 0 fully saturated rings. The molecule has 2 aromatic rings. The predicted molar refractivity (Wildman–Crippen MR) is 69.6 cm³/mol. The van der Waals surface area contributed by atoms with E-state index in [1.807, 2.05) is 53.8 Å². The summed E-state index contributed by atoms with van der Waals surface area (Å²) in [5.74, 6) is 0.495. The number of hydrogen-bond donors (Lipinski definition) is 1. The zero-order valence-corrected chi connectivity index (χ0v) is 11.1. The summed E-state index contributed by atoms with van der Waals surface area (Å²) in [7, 11) is 0. The standard InChI is InChI=1S/C8H10N4.2C2H6/c1-5-3-4-12-7(10-5)6(2)11-8(12)9;2*1-2/h3-4H,1-2H3,(H2,9,11);2*1-2H3. The van der Waals surface area contributed by atoms with E-state index in [0.29, 0.717) is 5.95 Å². The summed E-state index contributed by atoms with van der Waals surface area (Å²) in [4.78, 5) is 8.43. The van der Waals surface area contributed by atoms with Crippen LogP contribution in [0, 0.1) is 13.8 Å². The van der Waals surface area contributed by atoms with Crippen molar-refractivity contribution in [3.05, 3.63) is 23.7 Å². The maximum absolute atomic E-state index is 5.64. The minimum absolute atomic E-state index is 0.495. The molecule has 0 amide bonds. The van der Waals surface area contributed by atoms with Crippen LogP contribution in [-0.2, 0) is 0 Å². The van der Waals surface area contributed by atoms with Crippen molar-refractivity contribution in [3.63, 3.8) is 0 Å². The molecule has 16 heavy (non-hydrogen) atoms. The van der Waals surface area contributed by atoms with Gasteiger partial charge in [0.25, 0.3) is 0 Å². The first-order valence-corrected chi connectivity index (χ1v) is 5.76. The summed E-state index contributed by atoms with van der Waals surface area (Å²) in [5.41, 5.74) is 8.33. The lowest BCUT2D eigenvalue weighted by Crippen LogP contribution is -1.95. The minimum atomic E-state index is 0.495. The van der Waals surface area contributed by atoms with Crippen molar-refractivity contribution < 1.29 is 0 Å². The average molecular weight is 222 g/mol. The first-order chi connectivity index (χ1) is 7.68. The molecule has 2 heterocycles. The third-order valence-electron chi connectivity index (χ3n) is 1.83. The molecule has 0 aliphatic carbocycles. The van der Waals surface area contributed by atoms with Gasteiger partial charge >= 0.3 is 0 Å². The fourth-order valence-electron chi connectivity index (χ4n) is 1.23. The van der Waals surface area contributed by atoms with Crippen molar-refractivity contribution in [2.24, 2.45) is 0 Å². The number of nitrogen functional groups attached to an aromatic ring is 1. The number of hydrogen-bond acceptors (Lipinski definition) is 3. The van der Waals surface area contributed by atoms with Crippen molar-refractivity contribution in [1.29, 1.82) is 0 Å². The molecule has 0 aliphatic rings. The van der Waals surface area contributed by atoms with E-state index in [-0.39, 0.29) is 0 Å². The van der Waals surface area contributed by atoms with E-state index >= 15 is 0 Å². The Kier molecular flexibility index (Phi) is 6.15. The number of rotatable bonds is 0. The quantitative estimate of drug-likeness (QED) is 0.745. The highest BCUT2D eigenvalue weighted by molar-refractivity contribution is 5.50. The lowest BCUT2D eigenvalue weighted by atomic mass is 10.4. The number of anilines is 1. The highest BCUT2D eigenvalue weighted by Gasteiger charge is 2.04. The molecule has 0 aromatic carbocycles. The molecule has 2 aromatic heterocycles. The molecule has 2 rings (SSSR count). The molecule has 0 radical (unpaired) electrons. The van der Waals surface area contributed by atoms with Gasteiger partial charge in [0.1, 0.15) is 0 Å². The number of aryl methyl sites for hydroxylation is 2. The number of fused-ring (bicyclic) bond motifs is 1. The molecular weight excluding hydrogens is 200 g/mol. The largest absolute Gasteiger partial charge is 0.369 e. The normalized spacial score (nSPS) is 8.88. The molecular formula is C12H22N4. The van der Waals surface area contributed by atoms with E-state index in [1.165, 1.54) is 0 Å². The number of imidazole rings is 1. The number of aromatic nitrogens is 3. The van der Waals surface area contributed by atoms with Gasteiger partial charge in [0, 0.05) is 11.9 Å². The van der Waals surface area contributed by atoms with Gasteiger partial charge in [0.15, 0.2) is 5.65 Å². The van der Waals surface area contributed by atoms with E-state index < -0.39 is 0 Å². The van der Waals surface area contributed by atoms with Crippen LogP contribution in [0.15, 0.2) is 12.3 Å². The van der Waals surface area contributed by atoms with Crippen LogP contribution in [0.2, 0.25) is 0 Å². The molecule has 90 valence electrons. The average Bonchev–Trinajstić information content (AvgIpc) is 2.60. The van der Waals surface area contributed by atoms with Crippen LogP contribution in [0.5, 0.6) is 0 Å². The van der Waals surface area contributed by atoms with E-state index in [9.17, 15) is 0 Å². The van der Waals surface area contributed by atoms with Gasteiger partial charge in [-0.05, 0) is 19.9 Å². The predicted octanol–water partition coefficient (Wildman–Crippen LogP) is 2.98. The smallest absolute Gasteiger partial charge is 0.206 e. The highest BCUT2D eigenvalue weighted by atomic mass is 15.1. The number of nitrogens with two attached hydrogens (primary N) is 1. The topological polar surface area (TPSA) is 56.2 Å². The zero-order chi connectivity index (χ0) is 12.7. The minimum Gasteiger partial charge on any atom is -0.369 e. The van der Waals surface area contributed by atoms with Crippen molar-refractivity contribution >= 4 is 11.6 Å². The molecule has 0 saturated heterocycles. The summed E-state index contributed by atoms with van der Waals surface area (Å²) in [6.07, 6.45) is 1.88. The number of nitrogens with zero attached hydrogens (tertiary/aromatic N) is 3. The van der Waals surface area contributed by atoms with Gasteiger partial charge in [-0.15, -0.1) is 0 Å². The van der Waals surface area contributed by atoms with Crippen molar-refractivity contribution in [1.82, 2.24) is 14.4 Å². The van der Waals surface area contributed by atoms with E-state index in [1.54, 1.807) is 4.40 Å². The van der Waals surface area contributed by atoms with Gasteiger partial charge in [-0.2, -0.15) is 0 Å². The Hall–Kier alpha value is -1.58. The summed E-state index contributed by atoms with van der Waals surface area (Å²) in [6, 6.07) is 1.91. The molecule has 0 saturated carbocycles. The Morgan fingerprint density at radius 3 is 2.19 bits per heavy atom. The van der Waals surface area contributed by atoms with Crippen LogP contribution in [0.3, 0.4) is 0 Å². The molecule has 0 unspecified atom stereocenters. The summed E-state index contributed by atoms with van der Waals surface area (Å²) in [6.45, 7) is 11.8. The highest BCUT2D eigenvalue weighted by Crippen LogP contribution is 2.11. The third-order valence-corrected chi connectivity index (χ3v) is 1.83. The van der Waals surface area contributed by atoms with Crippen molar-refractivity contribution in [2.75, 3.05) is 5.73 Å². The fraction of sp³-hybridized carbons (Fsp3) is 0.500. The molecule has 4 nitrogen and oxygen atoms in total. The van der Waals surface area contributed by atoms with Crippen molar-refractivity contribution in [2.45, 2.75) is 41.5 Å². The SMILES string of the molecule is CC.CC.Cc1ccn2c(N)nc(C)c2n1. The van der Waals surface area contributed by atoms with Gasteiger partial charge in [-0.1, -0.05) is 27.7 Å². The Bertz CT molecular complexity index is 432. The fourth-order valence-corrected chi connectivity index (χ4v) is 1.23. The van der Waals surface area contributed by atoms with Crippen LogP contribution < -0.4 is 5.73 Å². The summed E-state index contributed by atoms with van der Waals surface area (Å²) < 4.78 is 1.78. The molecule has 4 heteroatoms. The first-order valence-electron chi connectivity index (χ1n) is 5.76. The van der Waals surface area contributed by atoms with Crippen LogP contribution in [0.1, 0.15) is 39.1 Å². The Morgan fingerprint density at radius 1 is 1.06 bits per heavy atom. The lowest BCUT2D eigenvalue weighted by Gasteiger charge is -1.95. The van der Waals surface area contributed by atoms with Crippen LogP contribution in [0.25, 0.3) is 5.65 Å². The van der Waals surface area contributed by atoms with Gasteiger partial charge < -0.3 is 5.73 Å². The van der Waals surface area contributed by atoms with Gasteiger partial charge in [-0.25, -0.2) is 9.97 Å². The zero-order valence-electron chi connectivity index (χ0n) is 11.1. The Morgan fingerprint density at radius 2 is 1.62 bits per heavy atom. The second-order valence-electron chi connectivity index (χ2n) is 2.82. The monoisotopic (exact) mass is 222 g/mol. The summed E-state index contributed by atoms with van der Waals surface area (Å²) >= 11 is 0. The summed E-state index contributed by atoms with van der Waals surface area (Å²) in [5, 5.41) is 0.